The molecule has 1 rings (SSSR count). The Hall–Kier alpha value is -1.07. The lowest BCUT2D eigenvalue weighted by Crippen LogP contribution is -2.37. The Balaban J connectivity index is 2.55. The molecule has 1 aromatic carbocycles. The lowest BCUT2D eigenvalue weighted by Gasteiger charge is -2.26. The van der Waals surface area contributed by atoms with Crippen molar-refractivity contribution in [3.63, 3.8) is 0 Å². The van der Waals surface area contributed by atoms with E-state index in [2.05, 4.69) is 15.9 Å². The highest BCUT2D eigenvalue weighted by atomic mass is 79.9. The van der Waals surface area contributed by atoms with Gasteiger partial charge in [-0.2, -0.15) is 5.06 Å². The van der Waals surface area contributed by atoms with Gasteiger partial charge in [0.15, 0.2) is 0 Å². The van der Waals surface area contributed by atoms with E-state index in [0.29, 0.717) is 18.5 Å². The highest BCUT2D eigenvalue weighted by molar-refractivity contribution is 9.09. The van der Waals surface area contributed by atoms with Gasteiger partial charge in [-0.1, -0.05) is 46.3 Å². The summed E-state index contributed by atoms with van der Waals surface area (Å²) in [6.45, 7) is 6.26. The first-order valence-corrected chi connectivity index (χ1v) is 7.28. The summed E-state index contributed by atoms with van der Waals surface area (Å²) in [6, 6.07) is 9.69. The van der Waals surface area contributed by atoms with Crippen LogP contribution in [0.25, 0.3) is 0 Å². The maximum Gasteiger partial charge on any atom is 0.434 e. The molecule has 4 nitrogen and oxygen atoms in total. The topological polar surface area (TPSA) is 38.8 Å². The van der Waals surface area contributed by atoms with Crippen molar-refractivity contribution in [3.05, 3.63) is 35.9 Å². The van der Waals surface area contributed by atoms with Gasteiger partial charge in [-0.25, -0.2) is 4.79 Å². The second-order valence-corrected chi connectivity index (χ2v) is 5.82. The molecule has 0 aromatic heterocycles. The van der Waals surface area contributed by atoms with Gasteiger partial charge in [0.05, 0.1) is 6.54 Å². The fourth-order valence-corrected chi connectivity index (χ4v) is 1.65. The number of ether oxygens (including phenoxy) is 1. The monoisotopic (exact) mass is 329 g/mol. The summed E-state index contributed by atoms with van der Waals surface area (Å²) in [5, 5.41) is 1.87. The second kappa shape index (κ2) is 7.50. The smallest absolute Gasteiger partial charge is 0.434 e. The summed E-state index contributed by atoms with van der Waals surface area (Å²) in [5.41, 5.74) is 0.475. The molecule has 0 aliphatic heterocycles. The number of halogens is 1. The van der Waals surface area contributed by atoms with Gasteiger partial charge in [0.25, 0.3) is 0 Å². The zero-order chi connectivity index (χ0) is 14.3. The number of alkyl halides is 1. The molecule has 1 amide bonds. The number of hydroxylamine groups is 2. The van der Waals surface area contributed by atoms with Crippen LogP contribution in [0.2, 0.25) is 0 Å². The molecule has 0 radical (unpaired) electrons. The van der Waals surface area contributed by atoms with Gasteiger partial charge in [0.1, 0.15) is 12.2 Å². The number of benzene rings is 1. The Morgan fingerprint density at radius 3 is 2.42 bits per heavy atom. The number of amides is 1. The van der Waals surface area contributed by atoms with Crippen molar-refractivity contribution < 1.29 is 14.4 Å². The molecule has 0 aliphatic rings. The molecular weight excluding hydrogens is 310 g/mol. The average Bonchev–Trinajstić information content (AvgIpc) is 2.33. The van der Waals surface area contributed by atoms with Crippen molar-refractivity contribution in [2.45, 2.75) is 33.0 Å². The molecule has 5 heteroatoms. The first kappa shape index (κ1) is 16.0. The second-order valence-electron chi connectivity index (χ2n) is 5.03. The Labute approximate surface area is 122 Å². The maximum absolute atomic E-state index is 11.9. The summed E-state index contributed by atoms with van der Waals surface area (Å²) in [7, 11) is 0. The molecule has 0 heterocycles. The Kier molecular flexibility index (Phi) is 6.31. The largest absolute Gasteiger partial charge is 0.442 e. The van der Waals surface area contributed by atoms with Gasteiger partial charge in [-0.05, 0) is 26.3 Å². The molecule has 0 aliphatic carbocycles. The van der Waals surface area contributed by atoms with E-state index < -0.39 is 11.7 Å². The summed E-state index contributed by atoms with van der Waals surface area (Å²) >= 11 is 3.29. The van der Waals surface area contributed by atoms with Crippen LogP contribution in [0.4, 0.5) is 4.79 Å². The van der Waals surface area contributed by atoms with Gasteiger partial charge in [0.2, 0.25) is 0 Å². The Morgan fingerprint density at radius 1 is 1.26 bits per heavy atom. The zero-order valence-electron chi connectivity index (χ0n) is 11.6. The molecule has 0 spiro atoms. The number of carbonyl (C=O) groups is 1. The molecule has 1 aromatic rings. The van der Waals surface area contributed by atoms with Crippen molar-refractivity contribution in [3.8, 4) is 0 Å². The number of hydrogen-bond donors (Lipinski definition) is 0. The zero-order valence-corrected chi connectivity index (χ0v) is 13.1. The third-order valence-electron chi connectivity index (χ3n) is 2.11. The van der Waals surface area contributed by atoms with Crippen LogP contribution in [0.3, 0.4) is 0 Å². The number of rotatable bonds is 5. The summed E-state index contributed by atoms with van der Waals surface area (Å²) in [6.07, 6.45) is -0.470. The van der Waals surface area contributed by atoms with Crippen molar-refractivity contribution in [2.75, 3.05) is 11.9 Å². The summed E-state index contributed by atoms with van der Waals surface area (Å²) in [5.74, 6) is 0. The third kappa shape index (κ3) is 6.59. The third-order valence-corrected chi connectivity index (χ3v) is 2.47. The van der Waals surface area contributed by atoms with Crippen LogP contribution in [-0.2, 0) is 16.2 Å². The van der Waals surface area contributed by atoms with Crippen LogP contribution in [0.5, 0.6) is 0 Å². The van der Waals surface area contributed by atoms with E-state index >= 15 is 0 Å². The van der Waals surface area contributed by atoms with Crippen LogP contribution < -0.4 is 0 Å². The number of hydrogen-bond acceptors (Lipinski definition) is 3. The van der Waals surface area contributed by atoms with Gasteiger partial charge >= 0.3 is 6.09 Å². The van der Waals surface area contributed by atoms with Crippen LogP contribution in [-0.4, -0.2) is 28.6 Å². The minimum atomic E-state index is -0.530. The minimum absolute atomic E-state index is 0.340. The fraction of sp³-hybridized carbons (Fsp3) is 0.500. The molecule has 0 saturated heterocycles. The molecule has 106 valence electrons. The Bertz CT molecular complexity index is 389. The SMILES string of the molecule is CC(C)(C)OC(=O)N(CCBr)OCc1ccccc1. The predicted octanol–water partition coefficient (Wildman–Crippen LogP) is 3.75. The van der Waals surface area contributed by atoms with Crippen molar-refractivity contribution in [1.82, 2.24) is 5.06 Å². The van der Waals surface area contributed by atoms with E-state index in [1.54, 1.807) is 0 Å². The lowest BCUT2D eigenvalue weighted by atomic mass is 10.2. The highest BCUT2D eigenvalue weighted by Crippen LogP contribution is 2.12. The van der Waals surface area contributed by atoms with Crippen molar-refractivity contribution >= 4 is 22.0 Å². The normalized spacial score (nSPS) is 11.2. The molecule has 0 bridgehead atoms. The first-order chi connectivity index (χ1) is 8.92. The van der Waals surface area contributed by atoms with E-state index in [0.717, 1.165) is 5.56 Å². The van der Waals surface area contributed by atoms with Crippen LogP contribution in [0.15, 0.2) is 30.3 Å². The molecular formula is C14H20BrNO3. The van der Waals surface area contributed by atoms with Gasteiger partial charge in [-0.3, -0.25) is 4.84 Å². The van der Waals surface area contributed by atoms with Crippen molar-refractivity contribution in [1.29, 1.82) is 0 Å². The first-order valence-electron chi connectivity index (χ1n) is 6.15. The molecule has 19 heavy (non-hydrogen) atoms. The molecule has 0 fully saturated rings. The van der Waals surface area contributed by atoms with Gasteiger partial charge in [0, 0.05) is 5.33 Å². The maximum atomic E-state index is 11.9. The average molecular weight is 330 g/mol. The predicted molar refractivity (Wildman–Crippen MR) is 78.0 cm³/mol. The van der Waals surface area contributed by atoms with E-state index in [4.69, 9.17) is 9.57 Å². The molecule has 0 saturated carbocycles. The molecule has 0 N–H and O–H groups in total. The van der Waals surface area contributed by atoms with E-state index in [9.17, 15) is 4.79 Å². The molecule has 0 atom stereocenters. The standard InChI is InChI=1S/C14H20BrNO3/c1-14(2,3)19-13(17)16(10-9-15)18-11-12-7-5-4-6-8-12/h4-8H,9-11H2,1-3H3. The van der Waals surface area contributed by atoms with E-state index in [1.165, 1.54) is 5.06 Å². The lowest BCUT2D eigenvalue weighted by molar-refractivity contribution is -0.152. The van der Waals surface area contributed by atoms with Crippen LogP contribution >= 0.6 is 15.9 Å². The van der Waals surface area contributed by atoms with Gasteiger partial charge < -0.3 is 4.74 Å². The van der Waals surface area contributed by atoms with Crippen LogP contribution in [0, 0.1) is 0 Å². The quantitative estimate of drug-likeness (QED) is 0.610. The molecule has 0 unspecified atom stereocenters. The highest BCUT2D eigenvalue weighted by Gasteiger charge is 2.22. The Morgan fingerprint density at radius 2 is 1.89 bits per heavy atom. The van der Waals surface area contributed by atoms with Gasteiger partial charge in [-0.15, -0.1) is 0 Å². The van der Waals surface area contributed by atoms with Crippen molar-refractivity contribution in [2.24, 2.45) is 0 Å². The summed E-state index contributed by atoms with van der Waals surface area (Å²) in [4.78, 5) is 17.4. The minimum Gasteiger partial charge on any atom is -0.442 e. The summed E-state index contributed by atoms with van der Waals surface area (Å²) < 4.78 is 5.28. The van der Waals surface area contributed by atoms with E-state index in [-0.39, 0.29) is 0 Å². The number of nitrogens with zero attached hydrogens (tertiary/aromatic N) is 1. The number of carbonyl (C=O) groups excluding carboxylic acids is 1. The fourth-order valence-electron chi connectivity index (χ4n) is 1.32. The van der Waals surface area contributed by atoms with E-state index in [1.807, 2.05) is 51.1 Å². The van der Waals surface area contributed by atoms with Crippen LogP contribution in [0.1, 0.15) is 26.3 Å².